The van der Waals surface area contributed by atoms with E-state index in [-0.39, 0.29) is 16.5 Å². The van der Waals surface area contributed by atoms with E-state index in [1.165, 1.54) is 23.5 Å². The highest BCUT2D eigenvalue weighted by molar-refractivity contribution is 7.90. The molecule has 21 heavy (non-hydrogen) atoms. The van der Waals surface area contributed by atoms with Gasteiger partial charge in [0.25, 0.3) is 5.91 Å². The minimum atomic E-state index is -3.45. The van der Waals surface area contributed by atoms with E-state index in [1.54, 1.807) is 18.2 Å². The van der Waals surface area contributed by atoms with Crippen molar-refractivity contribution < 1.29 is 13.2 Å². The highest BCUT2D eigenvalue weighted by Gasteiger charge is 2.20. The third-order valence-corrected chi connectivity index (χ3v) is 5.47. The zero-order valence-corrected chi connectivity index (χ0v) is 13.8. The minimum absolute atomic E-state index is 0.0268. The number of benzene rings is 1. The fourth-order valence-corrected chi connectivity index (χ4v) is 3.83. The number of halogens is 1. The van der Waals surface area contributed by atoms with Gasteiger partial charge >= 0.3 is 0 Å². The normalized spacial score (nSPS) is 12.9. The zero-order chi connectivity index (χ0) is 15.6. The first kappa shape index (κ1) is 16.0. The summed E-state index contributed by atoms with van der Waals surface area (Å²) in [5, 5.41) is 2.79. The van der Waals surface area contributed by atoms with E-state index in [1.807, 2.05) is 13.0 Å². The van der Waals surface area contributed by atoms with Gasteiger partial charge < -0.3 is 5.32 Å². The maximum atomic E-state index is 12.3. The van der Waals surface area contributed by atoms with Crippen LogP contribution < -0.4 is 5.32 Å². The number of thiophene rings is 1. The SMILES string of the molecule is C[C@H](NC(=O)c1ccccc1S(C)(=O)=O)c1ccc(Cl)s1. The number of carbonyl (C=O) groups excluding carboxylic acids is 1. The van der Waals surface area contributed by atoms with Gasteiger partial charge in [-0.2, -0.15) is 0 Å². The molecule has 2 aromatic rings. The van der Waals surface area contributed by atoms with Gasteiger partial charge in [0.2, 0.25) is 0 Å². The maximum absolute atomic E-state index is 12.3. The van der Waals surface area contributed by atoms with Gasteiger partial charge in [0.15, 0.2) is 9.84 Å². The van der Waals surface area contributed by atoms with Crippen LogP contribution in [0.5, 0.6) is 0 Å². The molecule has 0 bridgehead atoms. The van der Waals surface area contributed by atoms with Gasteiger partial charge in [-0.15, -0.1) is 11.3 Å². The molecule has 1 aromatic heterocycles. The molecule has 0 aliphatic rings. The molecule has 1 amide bonds. The molecule has 0 radical (unpaired) electrons. The summed E-state index contributed by atoms with van der Waals surface area (Å²) < 4.78 is 24.1. The Bertz CT molecular complexity index is 768. The van der Waals surface area contributed by atoms with Crippen molar-refractivity contribution in [3.8, 4) is 0 Å². The van der Waals surface area contributed by atoms with Crippen molar-refractivity contribution in [1.82, 2.24) is 5.32 Å². The molecular weight excluding hydrogens is 330 g/mol. The Labute approximate surface area is 132 Å². The Morgan fingerprint density at radius 2 is 1.90 bits per heavy atom. The summed E-state index contributed by atoms with van der Waals surface area (Å²) in [5.74, 6) is -0.423. The molecule has 0 aliphatic heterocycles. The van der Waals surface area contributed by atoms with E-state index in [0.717, 1.165) is 11.1 Å². The first-order valence-corrected chi connectivity index (χ1v) is 9.23. The smallest absolute Gasteiger partial charge is 0.253 e. The molecule has 0 saturated heterocycles. The van der Waals surface area contributed by atoms with E-state index in [2.05, 4.69) is 5.32 Å². The molecule has 0 saturated carbocycles. The molecule has 2 rings (SSSR count). The van der Waals surface area contributed by atoms with Crippen LogP contribution in [-0.4, -0.2) is 20.6 Å². The van der Waals surface area contributed by atoms with Crippen LogP contribution in [0.3, 0.4) is 0 Å². The number of amides is 1. The lowest BCUT2D eigenvalue weighted by atomic mass is 10.2. The zero-order valence-electron chi connectivity index (χ0n) is 11.5. The molecule has 1 heterocycles. The van der Waals surface area contributed by atoms with Crippen LogP contribution in [0.25, 0.3) is 0 Å². The van der Waals surface area contributed by atoms with Gasteiger partial charge in [0.1, 0.15) is 0 Å². The molecule has 112 valence electrons. The Kier molecular flexibility index (Phi) is 4.70. The van der Waals surface area contributed by atoms with Crippen LogP contribution in [0.2, 0.25) is 4.34 Å². The Morgan fingerprint density at radius 1 is 1.24 bits per heavy atom. The van der Waals surface area contributed by atoms with E-state index >= 15 is 0 Å². The van der Waals surface area contributed by atoms with Crippen molar-refractivity contribution >= 4 is 38.7 Å². The van der Waals surface area contributed by atoms with E-state index in [9.17, 15) is 13.2 Å². The quantitative estimate of drug-likeness (QED) is 0.926. The lowest BCUT2D eigenvalue weighted by Gasteiger charge is -2.14. The predicted molar refractivity (Wildman–Crippen MR) is 84.8 cm³/mol. The summed E-state index contributed by atoms with van der Waals surface area (Å²) in [7, 11) is -3.45. The Balaban J connectivity index is 2.26. The van der Waals surface area contributed by atoms with Gasteiger partial charge in [0, 0.05) is 11.1 Å². The van der Waals surface area contributed by atoms with E-state index < -0.39 is 15.7 Å². The average molecular weight is 344 g/mol. The molecule has 7 heteroatoms. The number of hydrogen-bond donors (Lipinski definition) is 1. The third-order valence-electron chi connectivity index (χ3n) is 2.90. The van der Waals surface area contributed by atoms with Crippen LogP contribution in [0.1, 0.15) is 28.2 Å². The van der Waals surface area contributed by atoms with Crippen LogP contribution in [0.15, 0.2) is 41.3 Å². The summed E-state index contributed by atoms with van der Waals surface area (Å²) >= 11 is 7.24. The van der Waals surface area contributed by atoms with Crippen molar-refractivity contribution in [3.05, 3.63) is 51.2 Å². The summed E-state index contributed by atoms with van der Waals surface area (Å²) in [6, 6.07) is 9.50. The molecule has 1 aromatic carbocycles. The van der Waals surface area contributed by atoms with Crippen LogP contribution >= 0.6 is 22.9 Å². The van der Waals surface area contributed by atoms with Crippen molar-refractivity contribution in [2.75, 3.05) is 6.26 Å². The standard InChI is InChI=1S/C14H14ClNO3S2/c1-9(11-7-8-13(15)20-11)16-14(17)10-5-3-4-6-12(10)21(2,18)19/h3-9H,1-2H3,(H,16,17)/t9-/m0/s1. The maximum Gasteiger partial charge on any atom is 0.253 e. The number of sulfone groups is 1. The molecular formula is C14H14ClNO3S2. The number of nitrogens with one attached hydrogen (secondary N) is 1. The lowest BCUT2D eigenvalue weighted by molar-refractivity contribution is 0.0937. The fraction of sp³-hybridized carbons (Fsp3) is 0.214. The number of rotatable bonds is 4. The highest BCUT2D eigenvalue weighted by atomic mass is 35.5. The van der Waals surface area contributed by atoms with Gasteiger partial charge in [-0.3, -0.25) is 4.79 Å². The second-order valence-electron chi connectivity index (χ2n) is 4.61. The van der Waals surface area contributed by atoms with E-state index in [4.69, 9.17) is 11.6 Å². The Morgan fingerprint density at radius 3 is 2.48 bits per heavy atom. The number of carbonyl (C=O) groups is 1. The van der Waals surface area contributed by atoms with Crippen LogP contribution in [-0.2, 0) is 9.84 Å². The van der Waals surface area contributed by atoms with Crippen molar-refractivity contribution in [1.29, 1.82) is 0 Å². The fourth-order valence-electron chi connectivity index (χ4n) is 1.88. The molecule has 0 fully saturated rings. The first-order chi connectivity index (χ1) is 9.79. The van der Waals surface area contributed by atoms with Crippen molar-refractivity contribution in [2.24, 2.45) is 0 Å². The summed E-state index contributed by atoms with van der Waals surface area (Å²) in [6.07, 6.45) is 1.08. The second kappa shape index (κ2) is 6.17. The van der Waals surface area contributed by atoms with Crippen molar-refractivity contribution in [3.63, 3.8) is 0 Å². The molecule has 0 unspecified atom stereocenters. The summed E-state index contributed by atoms with van der Waals surface area (Å²) in [4.78, 5) is 13.2. The summed E-state index contributed by atoms with van der Waals surface area (Å²) in [5.41, 5.74) is 0.148. The molecule has 1 atom stereocenters. The van der Waals surface area contributed by atoms with Gasteiger partial charge in [-0.25, -0.2) is 8.42 Å². The van der Waals surface area contributed by atoms with Crippen LogP contribution in [0, 0.1) is 0 Å². The topological polar surface area (TPSA) is 63.2 Å². The highest BCUT2D eigenvalue weighted by Crippen LogP contribution is 2.27. The number of hydrogen-bond acceptors (Lipinski definition) is 4. The second-order valence-corrected chi connectivity index (χ2v) is 8.34. The van der Waals surface area contributed by atoms with Gasteiger partial charge in [-0.05, 0) is 31.2 Å². The molecule has 0 spiro atoms. The average Bonchev–Trinajstić information content (AvgIpc) is 2.84. The monoisotopic (exact) mass is 343 g/mol. The van der Waals surface area contributed by atoms with Crippen molar-refractivity contribution in [2.45, 2.75) is 17.9 Å². The predicted octanol–water partition coefficient (Wildman–Crippen LogP) is 3.30. The van der Waals surface area contributed by atoms with Gasteiger partial charge in [-0.1, -0.05) is 23.7 Å². The van der Waals surface area contributed by atoms with Gasteiger partial charge in [0.05, 0.1) is 20.8 Å². The lowest BCUT2D eigenvalue weighted by Crippen LogP contribution is -2.27. The molecule has 4 nitrogen and oxygen atoms in total. The largest absolute Gasteiger partial charge is 0.345 e. The van der Waals surface area contributed by atoms with E-state index in [0.29, 0.717) is 4.34 Å². The minimum Gasteiger partial charge on any atom is -0.345 e. The molecule has 1 N–H and O–H groups in total. The summed E-state index contributed by atoms with van der Waals surface area (Å²) in [6.45, 7) is 1.82. The first-order valence-electron chi connectivity index (χ1n) is 6.14. The Hall–Kier alpha value is -1.37. The third kappa shape index (κ3) is 3.84. The van der Waals surface area contributed by atoms with Crippen LogP contribution in [0.4, 0.5) is 0 Å². The molecule has 0 aliphatic carbocycles.